The smallest absolute Gasteiger partial charge is 0.174 e. The molecule has 1 atom stereocenters. The zero-order valence-electron chi connectivity index (χ0n) is 11.0. The molecule has 1 aromatic heterocycles. The Bertz CT molecular complexity index is 566. The van der Waals surface area contributed by atoms with Gasteiger partial charge in [-0.3, -0.25) is 0 Å². The number of nitrogens with zero attached hydrogens (tertiary/aromatic N) is 2. The summed E-state index contributed by atoms with van der Waals surface area (Å²) in [4.78, 5) is 0. The van der Waals surface area contributed by atoms with E-state index in [9.17, 15) is 0 Å². The predicted molar refractivity (Wildman–Crippen MR) is 79.2 cm³/mol. The van der Waals surface area contributed by atoms with Crippen LogP contribution in [-0.4, -0.2) is 17.3 Å². The fourth-order valence-electron chi connectivity index (χ4n) is 1.88. The van der Waals surface area contributed by atoms with Crippen molar-refractivity contribution >= 4 is 23.1 Å². The number of thioether (sulfide) groups is 1. The second-order valence-corrected chi connectivity index (χ2v) is 7.31. The summed E-state index contributed by atoms with van der Waals surface area (Å²) < 4.78 is 6.33. The minimum absolute atomic E-state index is 0.357. The molecule has 1 aliphatic carbocycles. The number of ether oxygens (including phenoxy) is 1. The lowest BCUT2D eigenvalue weighted by molar-refractivity contribution is 0.414. The maximum Gasteiger partial charge on any atom is 0.174 e. The van der Waals surface area contributed by atoms with Crippen LogP contribution in [0.15, 0.2) is 28.6 Å². The van der Waals surface area contributed by atoms with Crippen molar-refractivity contribution in [2.45, 2.75) is 35.3 Å². The summed E-state index contributed by atoms with van der Waals surface area (Å²) in [6.45, 7) is 2.19. The van der Waals surface area contributed by atoms with E-state index in [1.165, 1.54) is 23.4 Å². The standard InChI is InChI=1S/C14H16N2OS2/c1-9(11-4-3-5-12(8-11)17-2)18-14-16-15-13(19-14)10-6-7-10/h3-5,8-10H,6-7H2,1-2H3. The van der Waals surface area contributed by atoms with E-state index in [1.54, 1.807) is 30.2 Å². The average molecular weight is 292 g/mol. The highest BCUT2D eigenvalue weighted by Gasteiger charge is 2.27. The number of rotatable bonds is 5. The third-order valence-corrected chi connectivity index (χ3v) is 5.52. The molecule has 0 aliphatic heterocycles. The van der Waals surface area contributed by atoms with Crippen molar-refractivity contribution in [2.24, 2.45) is 0 Å². The zero-order valence-corrected chi connectivity index (χ0v) is 12.6. The Labute approximate surface area is 121 Å². The lowest BCUT2D eigenvalue weighted by atomic mass is 10.1. The Morgan fingerprint density at radius 3 is 2.95 bits per heavy atom. The molecule has 0 radical (unpaired) electrons. The normalized spacial score (nSPS) is 16.3. The number of aromatic nitrogens is 2. The number of benzene rings is 1. The molecule has 0 saturated heterocycles. The monoisotopic (exact) mass is 292 g/mol. The quantitative estimate of drug-likeness (QED) is 0.771. The van der Waals surface area contributed by atoms with Crippen LogP contribution in [0.2, 0.25) is 0 Å². The lowest BCUT2D eigenvalue weighted by Crippen LogP contribution is -1.90. The van der Waals surface area contributed by atoms with Crippen LogP contribution >= 0.6 is 23.1 Å². The van der Waals surface area contributed by atoms with Crippen LogP contribution in [0.5, 0.6) is 5.75 Å². The highest BCUT2D eigenvalue weighted by atomic mass is 32.2. The molecule has 1 saturated carbocycles. The van der Waals surface area contributed by atoms with Gasteiger partial charge in [0, 0.05) is 11.2 Å². The molecular formula is C14H16N2OS2. The zero-order chi connectivity index (χ0) is 13.2. The van der Waals surface area contributed by atoms with E-state index < -0.39 is 0 Å². The van der Waals surface area contributed by atoms with Gasteiger partial charge >= 0.3 is 0 Å². The summed E-state index contributed by atoms with van der Waals surface area (Å²) in [6.07, 6.45) is 2.56. The first-order valence-electron chi connectivity index (χ1n) is 6.40. The summed E-state index contributed by atoms with van der Waals surface area (Å²) in [5.41, 5.74) is 1.26. The molecule has 0 N–H and O–H groups in total. The topological polar surface area (TPSA) is 35.0 Å². The first kappa shape index (κ1) is 12.9. The van der Waals surface area contributed by atoms with E-state index in [1.807, 2.05) is 12.1 Å². The van der Waals surface area contributed by atoms with E-state index in [0.29, 0.717) is 11.2 Å². The lowest BCUT2D eigenvalue weighted by Gasteiger charge is -2.10. The van der Waals surface area contributed by atoms with Crippen molar-refractivity contribution < 1.29 is 4.74 Å². The largest absolute Gasteiger partial charge is 0.497 e. The minimum Gasteiger partial charge on any atom is -0.497 e. The molecule has 100 valence electrons. The summed E-state index contributed by atoms with van der Waals surface area (Å²) in [7, 11) is 1.70. The van der Waals surface area contributed by atoms with Gasteiger partial charge in [-0.2, -0.15) is 0 Å². The van der Waals surface area contributed by atoms with Crippen molar-refractivity contribution in [1.29, 1.82) is 0 Å². The second kappa shape index (κ2) is 5.51. The second-order valence-electron chi connectivity index (χ2n) is 4.72. The van der Waals surface area contributed by atoms with E-state index in [-0.39, 0.29) is 0 Å². The first-order valence-corrected chi connectivity index (χ1v) is 8.10. The summed E-state index contributed by atoms with van der Waals surface area (Å²) in [5, 5.41) is 10.1. The van der Waals surface area contributed by atoms with Crippen LogP contribution in [0.1, 0.15) is 41.5 Å². The molecular weight excluding hydrogens is 276 g/mol. The fourth-order valence-corrected chi connectivity index (χ4v) is 4.18. The molecule has 3 rings (SSSR count). The summed E-state index contributed by atoms with van der Waals surface area (Å²) in [6, 6.07) is 8.21. The SMILES string of the molecule is COc1cccc(C(C)Sc2nnc(C3CC3)s2)c1. The van der Waals surface area contributed by atoms with Crippen LogP contribution in [-0.2, 0) is 0 Å². The van der Waals surface area contributed by atoms with Crippen molar-refractivity contribution in [1.82, 2.24) is 10.2 Å². The predicted octanol–water partition coefficient (Wildman–Crippen LogP) is 4.28. The van der Waals surface area contributed by atoms with Crippen molar-refractivity contribution in [2.75, 3.05) is 7.11 Å². The van der Waals surface area contributed by atoms with Crippen molar-refractivity contribution in [3.8, 4) is 5.75 Å². The first-order chi connectivity index (χ1) is 9.26. The van der Waals surface area contributed by atoms with Crippen LogP contribution in [0.3, 0.4) is 0 Å². The van der Waals surface area contributed by atoms with Crippen LogP contribution in [0.4, 0.5) is 0 Å². The number of hydrogen-bond donors (Lipinski definition) is 0. The molecule has 3 nitrogen and oxygen atoms in total. The summed E-state index contributed by atoms with van der Waals surface area (Å²) in [5.74, 6) is 1.60. The van der Waals surface area contributed by atoms with E-state index in [0.717, 1.165) is 10.1 Å². The van der Waals surface area contributed by atoms with E-state index >= 15 is 0 Å². The molecule has 0 amide bonds. The van der Waals surface area contributed by atoms with Gasteiger partial charge < -0.3 is 4.74 Å². The molecule has 1 unspecified atom stereocenters. The molecule has 5 heteroatoms. The molecule has 1 heterocycles. The Balaban J connectivity index is 1.70. The number of methoxy groups -OCH3 is 1. The molecule has 0 bridgehead atoms. The fraction of sp³-hybridized carbons (Fsp3) is 0.429. The van der Waals surface area contributed by atoms with Crippen molar-refractivity contribution in [3.05, 3.63) is 34.8 Å². The third kappa shape index (κ3) is 3.09. The Kier molecular flexibility index (Phi) is 3.75. The van der Waals surface area contributed by atoms with E-state index in [2.05, 4.69) is 29.3 Å². The molecule has 0 spiro atoms. The summed E-state index contributed by atoms with van der Waals surface area (Å²) >= 11 is 3.52. The molecule has 19 heavy (non-hydrogen) atoms. The van der Waals surface area contributed by atoms with Crippen LogP contribution in [0, 0.1) is 0 Å². The van der Waals surface area contributed by atoms with Crippen LogP contribution < -0.4 is 4.74 Å². The van der Waals surface area contributed by atoms with Crippen LogP contribution in [0.25, 0.3) is 0 Å². The Morgan fingerprint density at radius 1 is 1.37 bits per heavy atom. The highest BCUT2D eigenvalue weighted by molar-refractivity contribution is 8.01. The van der Waals surface area contributed by atoms with Gasteiger partial charge in [0.1, 0.15) is 10.8 Å². The number of hydrogen-bond acceptors (Lipinski definition) is 5. The maximum atomic E-state index is 5.26. The van der Waals surface area contributed by atoms with Gasteiger partial charge in [0.2, 0.25) is 0 Å². The van der Waals surface area contributed by atoms with Gasteiger partial charge in [0.05, 0.1) is 7.11 Å². The van der Waals surface area contributed by atoms with Gasteiger partial charge in [-0.1, -0.05) is 35.2 Å². The van der Waals surface area contributed by atoms with Gasteiger partial charge in [-0.25, -0.2) is 0 Å². The Morgan fingerprint density at radius 2 is 2.21 bits per heavy atom. The minimum atomic E-state index is 0.357. The van der Waals surface area contributed by atoms with E-state index in [4.69, 9.17) is 4.74 Å². The molecule has 1 fully saturated rings. The van der Waals surface area contributed by atoms with Gasteiger partial charge in [-0.05, 0) is 37.5 Å². The maximum absolute atomic E-state index is 5.26. The van der Waals surface area contributed by atoms with Crippen molar-refractivity contribution in [3.63, 3.8) is 0 Å². The highest BCUT2D eigenvalue weighted by Crippen LogP contribution is 2.44. The molecule has 1 aliphatic rings. The van der Waals surface area contributed by atoms with Gasteiger partial charge in [-0.15, -0.1) is 10.2 Å². The Hall–Kier alpha value is -1.07. The molecule has 2 aromatic rings. The third-order valence-electron chi connectivity index (χ3n) is 3.19. The van der Waals surface area contributed by atoms with Gasteiger partial charge in [0.25, 0.3) is 0 Å². The van der Waals surface area contributed by atoms with Gasteiger partial charge in [0.15, 0.2) is 4.34 Å². The average Bonchev–Trinajstić information content (AvgIpc) is 3.19. The molecule has 1 aromatic carbocycles.